The van der Waals surface area contributed by atoms with Crippen molar-refractivity contribution in [2.45, 2.75) is 26.3 Å². The molecule has 2 rings (SSSR count). The van der Waals surface area contributed by atoms with Crippen LogP contribution < -0.4 is 5.32 Å². The van der Waals surface area contributed by atoms with E-state index in [4.69, 9.17) is 4.74 Å². The van der Waals surface area contributed by atoms with Crippen molar-refractivity contribution in [1.82, 2.24) is 4.90 Å². The van der Waals surface area contributed by atoms with Crippen molar-refractivity contribution >= 4 is 23.5 Å². The minimum absolute atomic E-state index is 0.0172. The molecule has 1 aliphatic rings. The molecule has 1 aromatic rings. The van der Waals surface area contributed by atoms with Crippen molar-refractivity contribution in [2.24, 2.45) is 5.92 Å². The van der Waals surface area contributed by atoms with Gasteiger partial charge in [-0.05, 0) is 26.0 Å². The molecule has 0 unspecified atom stereocenters. The standard InChI is InChI=1S/C16H20N2O4/c1-10(2)18-9-11(8-14(18)19)15(20)17-13-7-5-4-6-12(13)16(21)22-3/h4-7,10-11H,8-9H2,1-3H3,(H,17,20)/t11-/m1/s1. The van der Waals surface area contributed by atoms with E-state index in [2.05, 4.69) is 5.32 Å². The van der Waals surface area contributed by atoms with Crippen LogP contribution in [0.5, 0.6) is 0 Å². The van der Waals surface area contributed by atoms with Crippen molar-refractivity contribution in [3.63, 3.8) is 0 Å². The number of methoxy groups -OCH3 is 1. The van der Waals surface area contributed by atoms with E-state index in [1.807, 2.05) is 13.8 Å². The van der Waals surface area contributed by atoms with E-state index >= 15 is 0 Å². The Balaban J connectivity index is 2.11. The third-order valence-electron chi connectivity index (χ3n) is 3.74. The number of anilines is 1. The molecule has 1 fully saturated rings. The van der Waals surface area contributed by atoms with E-state index in [-0.39, 0.29) is 24.3 Å². The van der Waals surface area contributed by atoms with Crippen molar-refractivity contribution in [2.75, 3.05) is 19.0 Å². The van der Waals surface area contributed by atoms with Crippen LogP contribution in [0.15, 0.2) is 24.3 Å². The fourth-order valence-electron chi connectivity index (χ4n) is 2.52. The Morgan fingerprint density at radius 3 is 2.59 bits per heavy atom. The highest BCUT2D eigenvalue weighted by molar-refractivity contribution is 6.03. The monoisotopic (exact) mass is 304 g/mol. The lowest BCUT2D eigenvalue weighted by Gasteiger charge is -2.20. The first-order chi connectivity index (χ1) is 10.4. The van der Waals surface area contributed by atoms with Crippen LogP contribution in [0.4, 0.5) is 5.69 Å². The van der Waals surface area contributed by atoms with Gasteiger partial charge in [-0.3, -0.25) is 9.59 Å². The van der Waals surface area contributed by atoms with E-state index < -0.39 is 11.9 Å². The van der Waals surface area contributed by atoms with Crippen LogP contribution in [0, 0.1) is 5.92 Å². The Bertz CT molecular complexity index is 598. The van der Waals surface area contributed by atoms with Gasteiger partial charge in [-0.2, -0.15) is 0 Å². The van der Waals surface area contributed by atoms with Gasteiger partial charge in [0.05, 0.1) is 24.3 Å². The molecule has 0 aromatic heterocycles. The first kappa shape index (κ1) is 16.0. The largest absolute Gasteiger partial charge is 0.465 e. The molecule has 6 nitrogen and oxygen atoms in total. The summed E-state index contributed by atoms with van der Waals surface area (Å²) in [5.74, 6) is -1.19. The Hall–Kier alpha value is -2.37. The van der Waals surface area contributed by atoms with Gasteiger partial charge in [0.1, 0.15) is 0 Å². The van der Waals surface area contributed by atoms with Crippen molar-refractivity contribution < 1.29 is 19.1 Å². The molecular weight excluding hydrogens is 284 g/mol. The second kappa shape index (κ2) is 6.60. The number of ether oxygens (including phenoxy) is 1. The second-order valence-electron chi connectivity index (χ2n) is 5.57. The maximum atomic E-state index is 12.3. The normalized spacial score (nSPS) is 17.7. The number of rotatable bonds is 4. The SMILES string of the molecule is COC(=O)c1ccccc1NC(=O)[C@@H]1CC(=O)N(C(C)C)C1. The molecule has 2 amide bonds. The van der Waals surface area contributed by atoms with E-state index in [1.165, 1.54) is 7.11 Å². The van der Waals surface area contributed by atoms with Crippen molar-refractivity contribution in [3.8, 4) is 0 Å². The maximum Gasteiger partial charge on any atom is 0.339 e. The number of hydrogen-bond donors (Lipinski definition) is 1. The molecule has 0 bridgehead atoms. The number of benzene rings is 1. The molecule has 1 heterocycles. The summed E-state index contributed by atoms with van der Waals surface area (Å²) in [4.78, 5) is 37.6. The topological polar surface area (TPSA) is 75.7 Å². The first-order valence-electron chi connectivity index (χ1n) is 7.21. The van der Waals surface area contributed by atoms with Gasteiger partial charge in [0.2, 0.25) is 11.8 Å². The molecule has 118 valence electrons. The number of para-hydroxylation sites is 1. The second-order valence-corrected chi connectivity index (χ2v) is 5.57. The molecule has 0 radical (unpaired) electrons. The van der Waals surface area contributed by atoms with Crippen LogP contribution in [0.25, 0.3) is 0 Å². The molecule has 1 aliphatic heterocycles. The van der Waals surface area contributed by atoms with E-state index in [1.54, 1.807) is 29.2 Å². The number of carbonyl (C=O) groups is 3. The summed E-state index contributed by atoms with van der Waals surface area (Å²) in [5, 5.41) is 2.73. The first-order valence-corrected chi connectivity index (χ1v) is 7.21. The van der Waals surface area contributed by atoms with E-state index in [0.717, 1.165) is 0 Å². The highest BCUT2D eigenvalue weighted by Crippen LogP contribution is 2.23. The molecule has 1 aromatic carbocycles. The van der Waals surface area contributed by atoms with Crippen LogP contribution in [0.1, 0.15) is 30.6 Å². The number of hydrogen-bond acceptors (Lipinski definition) is 4. The Morgan fingerprint density at radius 2 is 2.00 bits per heavy atom. The number of esters is 1. The Labute approximate surface area is 129 Å². The van der Waals surface area contributed by atoms with Crippen LogP contribution in [0.3, 0.4) is 0 Å². The van der Waals surface area contributed by atoms with Crippen molar-refractivity contribution in [1.29, 1.82) is 0 Å². The predicted octanol–water partition coefficient (Wildman–Crippen LogP) is 1.67. The minimum atomic E-state index is -0.512. The van der Waals surface area contributed by atoms with Gasteiger partial charge in [-0.15, -0.1) is 0 Å². The van der Waals surface area contributed by atoms with Gasteiger partial charge < -0.3 is 15.0 Å². The molecule has 1 saturated heterocycles. The van der Waals surface area contributed by atoms with Gasteiger partial charge in [0.15, 0.2) is 0 Å². The van der Waals surface area contributed by atoms with Gasteiger partial charge in [0, 0.05) is 19.0 Å². The van der Waals surface area contributed by atoms with Gasteiger partial charge >= 0.3 is 5.97 Å². The smallest absolute Gasteiger partial charge is 0.339 e. The quantitative estimate of drug-likeness (QED) is 0.859. The summed E-state index contributed by atoms with van der Waals surface area (Å²) < 4.78 is 4.70. The molecular formula is C16H20N2O4. The predicted molar refractivity (Wildman–Crippen MR) is 81.4 cm³/mol. The molecule has 1 N–H and O–H groups in total. The summed E-state index contributed by atoms with van der Waals surface area (Å²) in [5.41, 5.74) is 0.693. The number of carbonyl (C=O) groups excluding carboxylic acids is 3. The van der Waals surface area contributed by atoms with E-state index in [0.29, 0.717) is 17.8 Å². The lowest BCUT2D eigenvalue weighted by Crippen LogP contribution is -2.33. The highest BCUT2D eigenvalue weighted by atomic mass is 16.5. The minimum Gasteiger partial charge on any atom is -0.465 e. The van der Waals surface area contributed by atoms with Crippen LogP contribution in [-0.2, 0) is 14.3 Å². The molecule has 0 saturated carbocycles. The summed E-state index contributed by atoms with van der Waals surface area (Å²) in [6.45, 7) is 4.25. The van der Waals surface area contributed by atoms with Gasteiger partial charge in [-0.1, -0.05) is 12.1 Å². The summed E-state index contributed by atoms with van der Waals surface area (Å²) >= 11 is 0. The van der Waals surface area contributed by atoms with Crippen LogP contribution >= 0.6 is 0 Å². The molecule has 0 spiro atoms. The van der Waals surface area contributed by atoms with Crippen molar-refractivity contribution in [3.05, 3.63) is 29.8 Å². The lowest BCUT2D eigenvalue weighted by molar-refractivity contribution is -0.129. The number of nitrogens with zero attached hydrogens (tertiary/aromatic N) is 1. The highest BCUT2D eigenvalue weighted by Gasteiger charge is 2.35. The average molecular weight is 304 g/mol. The third-order valence-corrected chi connectivity index (χ3v) is 3.74. The lowest BCUT2D eigenvalue weighted by atomic mass is 10.1. The van der Waals surface area contributed by atoms with E-state index in [9.17, 15) is 14.4 Å². The van der Waals surface area contributed by atoms with Gasteiger partial charge in [-0.25, -0.2) is 4.79 Å². The fourth-order valence-corrected chi connectivity index (χ4v) is 2.52. The average Bonchev–Trinajstić information content (AvgIpc) is 2.89. The molecule has 1 atom stereocenters. The Kier molecular flexibility index (Phi) is 4.80. The number of amides is 2. The van der Waals surface area contributed by atoms with Gasteiger partial charge in [0.25, 0.3) is 0 Å². The van der Waals surface area contributed by atoms with Crippen LogP contribution in [0.2, 0.25) is 0 Å². The molecule has 0 aliphatic carbocycles. The Morgan fingerprint density at radius 1 is 1.32 bits per heavy atom. The summed E-state index contributed by atoms with van der Waals surface area (Å²) in [6.07, 6.45) is 0.199. The summed E-state index contributed by atoms with van der Waals surface area (Å²) in [7, 11) is 1.29. The summed E-state index contributed by atoms with van der Waals surface area (Å²) in [6, 6.07) is 6.72. The molecule has 6 heteroatoms. The number of nitrogens with one attached hydrogen (secondary N) is 1. The third kappa shape index (κ3) is 3.27. The number of likely N-dealkylation sites (tertiary alicyclic amines) is 1. The fraction of sp³-hybridized carbons (Fsp3) is 0.438. The zero-order valence-corrected chi connectivity index (χ0v) is 13.0. The zero-order chi connectivity index (χ0) is 16.3. The maximum absolute atomic E-state index is 12.3. The molecule has 22 heavy (non-hydrogen) atoms. The zero-order valence-electron chi connectivity index (χ0n) is 13.0. The van der Waals surface area contributed by atoms with Crippen LogP contribution in [-0.4, -0.2) is 42.4 Å².